The first-order valence-corrected chi connectivity index (χ1v) is 6.37. The molecule has 3 rings (SSSR count). The van der Waals surface area contributed by atoms with Crippen LogP contribution in [0.25, 0.3) is 16.9 Å². The van der Waals surface area contributed by atoms with Gasteiger partial charge in [0.05, 0.1) is 11.8 Å². The van der Waals surface area contributed by atoms with Gasteiger partial charge in [-0.1, -0.05) is 29.8 Å². The minimum atomic E-state index is 0.00894. The third kappa shape index (κ3) is 2.05. The number of benzene rings is 1. The molecule has 3 N–H and O–H groups in total. The molecule has 1 aliphatic rings. The molecule has 1 aliphatic heterocycles. The second-order valence-electron chi connectivity index (χ2n) is 4.68. The van der Waals surface area contributed by atoms with Crippen molar-refractivity contribution in [1.29, 1.82) is 0 Å². The van der Waals surface area contributed by atoms with Gasteiger partial charge in [-0.15, -0.1) is 0 Å². The lowest BCUT2D eigenvalue weighted by Crippen LogP contribution is -1.88. The minimum Gasteiger partial charge on any atom is -0.504 e. The molecular formula is C16H15NO3. The highest BCUT2D eigenvalue weighted by Crippen LogP contribution is 2.43. The van der Waals surface area contributed by atoms with Gasteiger partial charge in [0.15, 0.2) is 11.5 Å². The van der Waals surface area contributed by atoms with Crippen LogP contribution in [0.1, 0.15) is 17.7 Å². The second-order valence-corrected chi connectivity index (χ2v) is 4.68. The first kappa shape index (κ1) is 12.4. The van der Waals surface area contributed by atoms with Gasteiger partial charge in [0.25, 0.3) is 0 Å². The van der Waals surface area contributed by atoms with E-state index < -0.39 is 0 Å². The number of hydrogen-bond donors (Lipinski definition) is 2. The lowest BCUT2D eigenvalue weighted by molar-refractivity contribution is 0.388. The van der Waals surface area contributed by atoms with E-state index in [1.54, 1.807) is 6.26 Å². The number of aryl methyl sites for hydroxylation is 1. The predicted octanol–water partition coefficient (Wildman–Crippen LogP) is 3.82. The Balaban J connectivity index is 2.09. The number of rotatable bonds is 2. The number of anilines is 1. The number of ether oxygens (including phenoxy) is 1. The Kier molecular flexibility index (Phi) is 2.99. The molecule has 0 saturated carbocycles. The molecular weight excluding hydrogens is 254 g/mol. The van der Waals surface area contributed by atoms with E-state index in [0.717, 1.165) is 17.5 Å². The van der Waals surface area contributed by atoms with Gasteiger partial charge in [-0.25, -0.2) is 0 Å². The average molecular weight is 269 g/mol. The maximum absolute atomic E-state index is 10.4. The Labute approximate surface area is 116 Å². The highest BCUT2D eigenvalue weighted by atomic mass is 16.5. The molecule has 0 saturated heterocycles. The fraction of sp³-hybridized carbons (Fsp3) is 0.125. The van der Waals surface area contributed by atoms with Crippen LogP contribution >= 0.6 is 0 Å². The Morgan fingerprint density at radius 1 is 1.30 bits per heavy atom. The minimum absolute atomic E-state index is 0.00894. The standard InChI is InChI=1S/C16H15NO3/c1-10-5-4-6-11(9-10)13-14(18)15(20-16(13)17)12-7-2-3-8-19-12/h3-9,18H,2,17H2,1H3. The number of aromatic hydroxyl groups is 1. The quantitative estimate of drug-likeness (QED) is 0.869. The number of hydrogen-bond acceptors (Lipinski definition) is 4. The zero-order valence-corrected chi connectivity index (χ0v) is 11.1. The summed E-state index contributed by atoms with van der Waals surface area (Å²) in [7, 11) is 0. The average Bonchev–Trinajstić information content (AvgIpc) is 2.75. The third-order valence-corrected chi connectivity index (χ3v) is 3.17. The molecule has 20 heavy (non-hydrogen) atoms. The van der Waals surface area contributed by atoms with E-state index in [0.29, 0.717) is 11.3 Å². The Hall–Kier alpha value is -2.62. The van der Waals surface area contributed by atoms with Gasteiger partial charge >= 0.3 is 0 Å². The van der Waals surface area contributed by atoms with Gasteiger partial charge in [-0.2, -0.15) is 0 Å². The third-order valence-electron chi connectivity index (χ3n) is 3.17. The van der Waals surface area contributed by atoms with E-state index in [1.807, 2.05) is 43.3 Å². The first-order valence-electron chi connectivity index (χ1n) is 6.37. The maximum atomic E-state index is 10.4. The van der Waals surface area contributed by atoms with Crippen LogP contribution in [0.3, 0.4) is 0 Å². The van der Waals surface area contributed by atoms with Crippen molar-refractivity contribution in [1.82, 2.24) is 0 Å². The van der Waals surface area contributed by atoms with Gasteiger partial charge in [0, 0.05) is 0 Å². The topological polar surface area (TPSA) is 68.6 Å². The van der Waals surface area contributed by atoms with E-state index >= 15 is 0 Å². The first-order chi connectivity index (χ1) is 9.66. The molecule has 2 aromatic rings. The highest BCUT2D eigenvalue weighted by molar-refractivity contribution is 5.84. The molecule has 0 unspecified atom stereocenters. The van der Waals surface area contributed by atoms with Gasteiger partial charge < -0.3 is 20.0 Å². The maximum Gasteiger partial charge on any atom is 0.213 e. The van der Waals surface area contributed by atoms with Crippen molar-refractivity contribution in [3.8, 4) is 16.9 Å². The Morgan fingerprint density at radius 3 is 2.85 bits per heavy atom. The summed E-state index contributed by atoms with van der Waals surface area (Å²) < 4.78 is 10.8. The molecule has 0 aliphatic carbocycles. The monoisotopic (exact) mass is 269 g/mol. The van der Waals surface area contributed by atoms with Crippen LogP contribution < -0.4 is 5.73 Å². The molecule has 0 spiro atoms. The van der Waals surface area contributed by atoms with Crippen LogP contribution in [0.5, 0.6) is 5.75 Å². The van der Waals surface area contributed by atoms with E-state index in [9.17, 15) is 5.11 Å². The molecule has 1 aromatic heterocycles. The summed E-state index contributed by atoms with van der Waals surface area (Å²) in [5.41, 5.74) is 8.31. The molecule has 0 bridgehead atoms. The van der Waals surface area contributed by atoms with E-state index in [1.165, 1.54) is 0 Å². The summed E-state index contributed by atoms with van der Waals surface area (Å²) in [6.45, 7) is 1.98. The number of nitrogen functional groups attached to an aromatic ring is 1. The number of furan rings is 1. The van der Waals surface area contributed by atoms with Crippen LogP contribution in [-0.4, -0.2) is 5.11 Å². The fourth-order valence-electron chi connectivity index (χ4n) is 2.23. The molecule has 102 valence electrons. The molecule has 0 radical (unpaired) electrons. The Morgan fingerprint density at radius 2 is 2.15 bits per heavy atom. The van der Waals surface area contributed by atoms with Crippen molar-refractivity contribution >= 4 is 11.6 Å². The lowest BCUT2D eigenvalue weighted by Gasteiger charge is -2.07. The van der Waals surface area contributed by atoms with E-state index in [-0.39, 0.29) is 17.4 Å². The molecule has 1 aromatic carbocycles. The highest BCUT2D eigenvalue weighted by Gasteiger charge is 2.23. The fourth-order valence-corrected chi connectivity index (χ4v) is 2.23. The molecule has 2 heterocycles. The summed E-state index contributed by atoms with van der Waals surface area (Å²) in [6, 6.07) is 7.72. The Bertz CT molecular complexity index is 711. The zero-order valence-electron chi connectivity index (χ0n) is 11.1. The normalized spacial score (nSPS) is 13.9. The van der Waals surface area contributed by atoms with Crippen LogP contribution in [0.2, 0.25) is 0 Å². The second kappa shape index (κ2) is 4.81. The van der Waals surface area contributed by atoms with Crippen molar-refractivity contribution in [2.45, 2.75) is 13.3 Å². The van der Waals surface area contributed by atoms with Gasteiger partial charge in [0.1, 0.15) is 0 Å². The van der Waals surface area contributed by atoms with E-state index in [4.69, 9.17) is 14.9 Å². The summed E-state index contributed by atoms with van der Waals surface area (Å²) in [5, 5.41) is 10.4. The van der Waals surface area contributed by atoms with Crippen LogP contribution in [0.15, 0.2) is 47.1 Å². The SMILES string of the molecule is Cc1cccc(-c2c(N)oc(C3=CCC=CO3)c2O)c1. The molecule has 0 amide bonds. The van der Waals surface area contributed by atoms with Crippen molar-refractivity contribution in [2.75, 3.05) is 5.73 Å². The van der Waals surface area contributed by atoms with E-state index in [2.05, 4.69) is 0 Å². The van der Waals surface area contributed by atoms with Crippen molar-refractivity contribution < 1.29 is 14.3 Å². The van der Waals surface area contributed by atoms with Crippen LogP contribution in [-0.2, 0) is 4.74 Å². The van der Waals surface area contributed by atoms with Gasteiger partial charge in [-0.05, 0) is 31.1 Å². The van der Waals surface area contributed by atoms with Crippen LogP contribution in [0, 0.1) is 6.92 Å². The smallest absolute Gasteiger partial charge is 0.213 e. The summed E-state index contributed by atoms with van der Waals surface area (Å²) in [6.07, 6.45) is 6.00. The summed E-state index contributed by atoms with van der Waals surface area (Å²) >= 11 is 0. The largest absolute Gasteiger partial charge is 0.504 e. The lowest BCUT2D eigenvalue weighted by atomic mass is 10.0. The number of allylic oxidation sites excluding steroid dienone is 2. The van der Waals surface area contributed by atoms with Gasteiger partial charge in [0.2, 0.25) is 11.6 Å². The van der Waals surface area contributed by atoms with Crippen molar-refractivity contribution in [3.63, 3.8) is 0 Å². The molecule has 4 nitrogen and oxygen atoms in total. The summed E-state index contributed by atoms with van der Waals surface area (Å²) in [4.78, 5) is 0. The van der Waals surface area contributed by atoms with Crippen molar-refractivity contribution in [2.24, 2.45) is 0 Å². The number of nitrogens with two attached hydrogens (primary N) is 1. The van der Waals surface area contributed by atoms with Crippen molar-refractivity contribution in [3.05, 3.63) is 54.0 Å². The molecule has 4 heteroatoms. The molecule has 0 atom stereocenters. The van der Waals surface area contributed by atoms with Gasteiger partial charge in [-0.3, -0.25) is 0 Å². The van der Waals surface area contributed by atoms with Crippen LogP contribution in [0.4, 0.5) is 5.88 Å². The molecule has 0 fully saturated rings. The summed E-state index contributed by atoms with van der Waals surface area (Å²) in [5.74, 6) is 0.941. The zero-order chi connectivity index (χ0) is 14.1. The predicted molar refractivity (Wildman–Crippen MR) is 77.8 cm³/mol.